The van der Waals surface area contributed by atoms with Crippen molar-refractivity contribution < 1.29 is 20.8 Å². The maximum absolute atomic E-state index is 9.08. The second kappa shape index (κ2) is 8.22. The molecule has 4 heteroatoms. The Balaban J connectivity index is 2.17. The number of rotatable bonds is 8. The Morgan fingerprint density at radius 2 is 0.917 bits per heavy atom. The van der Waals surface area contributed by atoms with Gasteiger partial charge in [-0.2, -0.15) is 0 Å². The van der Waals surface area contributed by atoms with Gasteiger partial charge in [-0.25, -0.2) is 0 Å². The topological polar surface area (TPSA) is 73.7 Å². The first-order valence-electron chi connectivity index (χ1n) is 8.63. The molecule has 0 fully saturated rings. The summed E-state index contributed by atoms with van der Waals surface area (Å²) in [6.07, 6.45) is 0. The highest BCUT2D eigenvalue weighted by atomic mass is 16.3. The van der Waals surface area contributed by atoms with Crippen molar-refractivity contribution in [2.24, 2.45) is 0 Å². The van der Waals surface area contributed by atoms with Gasteiger partial charge in [0, 0.05) is 11.1 Å². The molecule has 3 aromatic carbocycles. The molecule has 0 aliphatic heterocycles. The molecular formula is C20H26N2O2+2. The van der Waals surface area contributed by atoms with Crippen LogP contribution in [0.25, 0.3) is 21.5 Å². The molecule has 0 radical (unpaired) electrons. The molecule has 0 heterocycles. The predicted molar refractivity (Wildman–Crippen MR) is 96.6 cm³/mol. The molecule has 0 aliphatic carbocycles. The van der Waals surface area contributed by atoms with Crippen LogP contribution in [0.2, 0.25) is 0 Å². The Kier molecular flexibility index (Phi) is 5.77. The van der Waals surface area contributed by atoms with Gasteiger partial charge in [-0.15, -0.1) is 0 Å². The molecule has 0 saturated carbocycles. The van der Waals surface area contributed by atoms with Gasteiger partial charge in [0.25, 0.3) is 0 Å². The first-order chi connectivity index (χ1) is 11.9. The zero-order valence-corrected chi connectivity index (χ0v) is 13.9. The third-order valence-electron chi connectivity index (χ3n) is 4.52. The zero-order valence-electron chi connectivity index (χ0n) is 13.9. The van der Waals surface area contributed by atoms with Crippen molar-refractivity contribution in [2.75, 3.05) is 26.3 Å². The van der Waals surface area contributed by atoms with Crippen molar-refractivity contribution in [1.29, 1.82) is 0 Å². The number of aliphatic hydroxyl groups is 2. The van der Waals surface area contributed by atoms with E-state index >= 15 is 0 Å². The van der Waals surface area contributed by atoms with Crippen molar-refractivity contribution in [1.82, 2.24) is 0 Å². The quantitative estimate of drug-likeness (QED) is 0.350. The number of fused-ring (bicyclic) bond motifs is 2. The smallest absolute Gasteiger partial charge is 0.103 e. The van der Waals surface area contributed by atoms with E-state index in [1.807, 2.05) is 0 Å². The Labute approximate surface area is 142 Å². The van der Waals surface area contributed by atoms with Crippen LogP contribution in [0.15, 0.2) is 48.5 Å². The fourth-order valence-electron chi connectivity index (χ4n) is 3.42. The van der Waals surface area contributed by atoms with Crippen LogP contribution in [-0.2, 0) is 13.1 Å². The normalized spacial score (nSPS) is 11.4. The minimum atomic E-state index is 0.198. The summed E-state index contributed by atoms with van der Waals surface area (Å²) in [5.74, 6) is 0. The van der Waals surface area contributed by atoms with E-state index in [9.17, 15) is 0 Å². The summed E-state index contributed by atoms with van der Waals surface area (Å²) < 4.78 is 0. The average molecular weight is 326 g/mol. The molecule has 0 bridgehead atoms. The van der Waals surface area contributed by atoms with Gasteiger partial charge in [0.2, 0.25) is 0 Å². The van der Waals surface area contributed by atoms with E-state index in [2.05, 4.69) is 59.2 Å². The van der Waals surface area contributed by atoms with Crippen LogP contribution in [0.5, 0.6) is 0 Å². The lowest BCUT2D eigenvalue weighted by molar-refractivity contribution is -0.671. The van der Waals surface area contributed by atoms with Crippen molar-refractivity contribution in [2.45, 2.75) is 13.1 Å². The van der Waals surface area contributed by atoms with Gasteiger partial charge in [-0.1, -0.05) is 48.5 Å². The molecule has 4 nitrogen and oxygen atoms in total. The molecule has 0 saturated heterocycles. The van der Waals surface area contributed by atoms with Gasteiger partial charge in [-0.05, 0) is 21.5 Å². The van der Waals surface area contributed by atoms with E-state index in [1.165, 1.54) is 32.7 Å². The zero-order chi connectivity index (χ0) is 16.8. The fraction of sp³-hybridized carbons (Fsp3) is 0.300. The minimum Gasteiger partial charge on any atom is -0.391 e. The Morgan fingerprint density at radius 1 is 0.583 bits per heavy atom. The maximum atomic E-state index is 9.08. The maximum Gasteiger partial charge on any atom is 0.103 e. The van der Waals surface area contributed by atoms with Crippen LogP contribution in [-0.4, -0.2) is 36.5 Å². The van der Waals surface area contributed by atoms with E-state index in [0.717, 1.165) is 13.1 Å². The van der Waals surface area contributed by atoms with Crippen LogP contribution >= 0.6 is 0 Å². The molecule has 0 amide bonds. The standard InChI is InChI=1S/C20H24N2O2/c23-11-9-21-13-19-15-5-1-2-6-16(15)20(14-22-10-12-24)18-8-4-3-7-17(18)19/h1-8,21-24H,9-14H2/p+2. The Bertz CT molecular complexity index is 692. The number of aliphatic hydroxyl groups excluding tert-OH is 2. The minimum absolute atomic E-state index is 0.198. The fourth-order valence-corrected chi connectivity index (χ4v) is 3.42. The van der Waals surface area contributed by atoms with Gasteiger partial charge in [0.05, 0.1) is 26.3 Å². The van der Waals surface area contributed by atoms with Gasteiger partial charge in [0.1, 0.15) is 13.1 Å². The molecule has 0 unspecified atom stereocenters. The van der Waals surface area contributed by atoms with Crippen molar-refractivity contribution in [3.63, 3.8) is 0 Å². The summed E-state index contributed by atoms with van der Waals surface area (Å²) in [4.78, 5) is 0. The molecule has 0 atom stereocenters. The first kappa shape index (κ1) is 16.9. The van der Waals surface area contributed by atoms with Crippen LogP contribution in [0.4, 0.5) is 0 Å². The number of quaternary nitrogens is 2. The van der Waals surface area contributed by atoms with Crippen molar-refractivity contribution in [3.05, 3.63) is 59.7 Å². The third kappa shape index (κ3) is 3.42. The monoisotopic (exact) mass is 326 g/mol. The number of hydrogen-bond acceptors (Lipinski definition) is 2. The average Bonchev–Trinajstić information content (AvgIpc) is 2.63. The highest BCUT2D eigenvalue weighted by Crippen LogP contribution is 2.32. The van der Waals surface area contributed by atoms with Gasteiger partial charge < -0.3 is 20.8 Å². The summed E-state index contributed by atoms with van der Waals surface area (Å²) in [5.41, 5.74) is 2.67. The molecule has 6 N–H and O–H groups in total. The summed E-state index contributed by atoms with van der Waals surface area (Å²) in [6.45, 7) is 3.56. The Morgan fingerprint density at radius 3 is 1.21 bits per heavy atom. The molecule has 3 aromatic rings. The summed E-state index contributed by atoms with van der Waals surface area (Å²) >= 11 is 0. The van der Waals surface area contributed by atoms with E-state index in [4.69, 9.17) is 10.2 Å². The van der Waals surface area contributed by atoms with Gasteiger partial charge >= 0.3 is 0 Å². The van der Waals surface area contributed by atoms with Gasteiger partial charge in [0.15, 0.2) is 0 Å². The highest BCUT2D eigenvalue weighted by molar-refractivity contribution is 6.05. The van der Waals surface area contributed by atoms with Crippen LogP contribution in [0.1, 0.15) is 11.1 Å². The van der Waals surface area contributed by atoms with Crippen molar-refractivity contribution in [3.8, 4) is 0 Å². The van der Waals surface area contributed by atoms with E-state index < -0.39 is 0 Å². The van der Waals surface area contributed by atoms with E-state index in [1.54, 1.807) is 0 Å². The highest BCUT2D eigenvalue weighted by Gasteiger charge is 2.15. The predicted octanol–water partition coefficient (Wildman–Crippen LogP) is 0.104. The second-order valence-corrected chi connectivity index (χ2v) is 6.06. The molecule has 0 spiro atoms. The van der Waals surface area contributed by atoms with E-state index in [-0.39, 0.29) is 13.2 Å². The first-order valence-corrected chi connectivity index (χ1v) is 8.63. The second-order valence-electron chi connectivity index (χ2n) is 6.06. The Hall–Kier alpha value is -1.98. The molecule has 3 rings (SSSR count). The summed E-state index contributed by atoms with van der Waals surface area (Å²) in [6, 6.07) is 17.1. The molecule has 0 aromatic heterocycles. The third-order valence-corrected chi connectivity index (χ3v) is 4.52. The molecule has 24 heavy (non-hydrogen) atoms. The molecule has 0 aliphatic rings. The summed E-state index contributed by atoms with van der Waals surface area (Å²) in [5, 5.41) is 27.6. The number of benzene rings is 3. The summed E-state index contributed by atoms with van der Waals surface area (Å²) in [7, 11) is 0. The number of nitrogens with two attached hydrogens (primary N) is 2. The molecule has 126 valence electrons. The SMILES string of the molecule is OCC[NH2+]Cc1c2ccccc2c(C[NH2+]CCO)c2ccccc12. The lowest BCUT2D eigenvalue weighted by atomic mass is 9.91. The molecular weight excluding hydrogens is 300 g/mol. The lowest BCUT2D eigenvalue weighted by Crippen LogP contribution is -2.83. The van der Waals surface area contributed by atoms with E-state index in [0.29, 0.717) is 13.1 Å². The van der Waals surface area contributed by atoms with Crippen LogP contribution in [0, 0.1) is 0 Å². The van der Waals surface area contributed by atoms with Crippen LogP contribution in [0.3, 0.4) is 0 Å². The number of hydrogen-bond donors (Lipinski definition) is 4. The largest absolute Gasteiger partial charge is 0.391 e. The van der Waals surface area contributed by atoms with Crippen molar-refractivity contribution >= 4 is 21.5 Å². The lowest BCUT2D eigenvalue weighted by Gasteiger charge is -2.15. The van der Waals surface area contributed by atoms with Crippen LogP contribution < -0.4 is 10.6 Å². The van der Waals surface area contributed by atoms with Gasteiger partial charge in [-0.3, -0.25) is 0 Å².